The van der Waals surface area contributed by atoms with Crippen molar-refractivity contribution in [3.05, 3.63) is 29.8 Å². The Bertz CT molecular complexity index is 665. The average Bonchev–Trinajstić information content (AvgIpc) is 3.22. The number of likely N-dealkylation sites (tertiary alicyclic amines) is 1. The SMILES string of the molecule is CN=C(NCCN(C(C)C)C(C)C)NCc1cccc(NC(=O)N2CCCC2)c1.I. The van der Waals surface area contributed by atoms with Gasteiger partial charge in [0.05, 0.1) is 0 Å². The lowest BCUT2D eigenvalue weighted by molar-refractivity contribution is 0.178. The van der Waals surface area contributed by atoms with E-state index in [1.165, 1.54) is 0 Å². The number of hydrogen-bond donors (Lipinski definition) is 3. The molecule has 1 heterocycles. The molecule has 0 aromatic heterocycles. The molecule has 170 valence electrons. The van der Waals surface area contributed by atoms with E-state index in [1.54, 1.807) is 7.05 Å². The molecule has 1 fully saturated rings. The molecule has 0 saturated carbocycles. The third-order valence-corrected chi connectivity index (χ3v) is 5.24. The Hall–Kier alpha value is -1.55. The number of benzene rings is 1. The zero-order chi connectivity index (χ0) is 21.2. The summed E-state index contributed by atoms with van der Waals surface area (Å²) in [5.74, 6) is 0.781. The van der Waals surface area contributed by atoms with Gasteiger partial charge in [-0.25, -0.2) is 4.79 Å². The van der Waals surface area contributed by atoms with Crippen molar-refractivity contribution in [3.8, 4) is 0 Å². The van der Waals surface area contributed by atoms with E-state index in [0.717, 1.165) is 56.2 Å². The van der Waals surface area contributed by atoms with Gasteiger partial charge < -0.3 is 20.9 Å². The van der Waals surface area contributed by atoms with Crippen LogP contribution in [0.25, 0.3) is 0 Å². The first kappa shape index (κ1) is 26.5. The van der Waals surface area contributed by atoms with Gasteiger partial charge in [-0.15, -0.1) is 24.0 Å². The maximum Gasteiger partial charge on any atom is 0.321 e. The number of rotatable bonds is 8. The van der Waals surface area contributed by atoms with Gasteiger partial charge in [-0.2, -0.15) is 0 Å². The maximum atomic E-state index is 12.3. The van der Waals surface area contributed by atoms with E-state index < -0.39 is 0 Å². The number of carbonyl (C=O) groups excluding carboxylic acids is 1. The molecule has 30 heavy (non-hydrogen) atoms. The molecular formula is C22H39IN6O. The minimum atomic E-state index is -0.00931. The fraction of sp³-hybridized carbons (Fsp3) is 0.636. The zero-order valence-electron chi connectivity index (χ0n) is 19.1. The number of urea groups is 1. The molecule has 1 aromatic carbocycles. The van der Waals surface area contributed by atoms with Gasteiger partial charge >= 0.3 is 6.03 Å². The Kier molecular flexibility index (Phi) is 12.1. The van der Waals surface area contributed by atoms with Crippen LogP contribution in [0.5, 0.6) is 0 Å². The molecule has 0 spiro atoms. The summed E-state index contributed by atoms with van der Waals surface area (Å²) in [6, 6.07) is 8.98. The van der Waals surface area contributed by atoms with E-state index in [2.05, 4.69) is 53.5 Å². The molecule has 2 rings (SSSR count). The first-order valence-corrected chi connectivity index (χ1v) is 10.8. The van der Waals surface area contributed by atoms with Crippen molar-refractivity contribution in [2.45, 2.75) is 59.2 Å². The Morgan fingerprint density at radius 3 is 2.40 bits per heavy atom. The molecule has 8 heteroatoms. The van der Waals surface area contributed by atoms with Crippen LogP contribution in [0, 0.1) is 0 Å². The third kappa shape index (κ3) is 8.67. The first-order chi connectivity index (χ1) is 13.9. The molecule has 1 aromatic rings. The highest BCUT2D eigenvalue weighted by atomic mass is 127. The Morgan fingerprint density at radius 1 is 1.13 bits per heavy atom. The van der Waals surface area contributed by atoms with Crippen molar-refractivity contribution in [2.24, 2.45) is 4.99 Å². The van der Waals surface area contributed by atoms with E-state index in [-0.39, 0.29) is 30.0 Å². The van der Waals surface area contributed by atoms with Crippen LogP contribution in [0.15, 0.2) is 29.3 Å². The van der Waals surface area contributed by atoms with Crippen LogP contribution in [-0.4, -0.2) is 67.1 Å². The summed E-state index contributed by atoms with van der Waals surface area (Å²) in [5.41, 5.74) is 1.92. The summed E-state index contributed by atoms with van der Waals surface area (Å²) < 4.78 is 0. The molecule has 3 N–H and O–H groups in total. The maximum absolute atomic E-state index is 12.3. The van der Waals surface area contributed by atoms with Crippen molar-refractivity contribution in [1.29, 1.82) is 0 Å². The Labute approximate surface area is 199 Å². The monoisotopic (exact) mass is 530 g/mol. The van der Waals surface area contributed by atoms with E-state index in [0.29, 0.717) is 18.6 Å². The molecule has 0 bridgehead atoms. The van der Waals surface area contributed by atoms with Crippen LogP contribution in [-0.2, 0) is 6.54 Å². The van der Waals surface area contributed by atoms with Crippen LogP contribution >= 0.6 is 24.0 Å². The normalized spacial score (nSPS) is 14.3. The second-order valence-electron chi connectivity index (χ2n) is 8.10. The lowest BCUT2D eigenvalue weighted by atomic mass is 10.2. The fourth-order valence-electron chi connectivity index (χ4n) is 3.70. The van der Waals surface area contributed by atoms with E-state index in [1.807, 2.05) is 29.2 Å². The molecule has 0 unspecified atom stereocenters. The quantitative estimate of drug-likeness (QED) is 0.272. The molecule has 1 saturated heterocycles. The summed E-state index contributed by atoms with van der Waals surface area (Å²) in [6.07, 6.45) is 2.19. The molecule has 1 aliphatic heterocycles. The van der Waals surface area contributed by atoms with Gasteiger partial charge in [0.25, 0.3) is 0 Å². The Balaban J connectivity index is 0.00000450. The first-order valence-electron chi connectivity index (χ1n) is 10.8. The number of carbonyl (C=O) groups is 1. The van der Waals surface area contributed by atoms with E-state index >= 15 is 0 Å². The molecule has 0 atom stereocenters. The fourth-order valence-corrected chi connectivity index (χ4v) is 3.70. The second kappa shape index (κ2) is 13.7. The van der Waals surface area contributed by atoms with E-state index in [9.17, 15) is 4.79 Å². The zero-order valence-corrected chi connectivity index (χ0v) is 21.4. The van der Waals surface area contributed by atoms with Crippen molar-refractivity contribution in [3.63, 3.8) is 0 Å². The summed E-state index contributed by atoms with van der Waals surface area (Å²) in [5, 5.41) is 9.74. The van der Waals surface area contributed by atoms with Crippen LogP contribution in [0.4, 0.5) is 10.5 Å². The molecule has 0 aliphatic carbocycles. The average molecular weight is 530 g/mol. The highest BCUT2D eigenvalue weighted by Crippen LogP contribution is 2.14. The summed E-state index contributed by atoms with van der Waals surface area (Å²) in [4.78, 5) is 20.9. The van der Waals surface area contributed by atoms with Crippen LogP contribution < -0.4 is 16.0 Å². The van der Waals surface area contributed by atoms with Crippen molar-refractivity contribution in [1.82, 2.24) is 20.4 Å². The highest BCUT2D eigenvalue weighted by molar-refractivity contribution is 14.0. The number of nitrogens with zero attached hydrogens (tertiary/aromatic N) is 3. The predicted molar refractivity (Wildman–Crippen MR) is 137 cm³/mol. The van der Waals surface area contributed by atoms with Gasteiger partial charge in [-0.1, -0.05) is 12.1 Å². The lowest BCUT2D eigenvalue weighted by Crippen LogP contribution is -2.45. The second-order valence-corrected chi connectivity index (χ2v) is 8.10. The minimum absolute atomic E-state index is 0. The van der Waals surface area contributed by atoms with Gasteiger partial charge in [-0.05, 0) is 58.2 Å². The van der Waals surface area contributed by atoms with Gasteiger partial charge in [-0.3, -0.25) is 9.89 Å². The summed E-state index contributed by atoms with van der Waals surface area (Å²) in [7, 11) is 1.78. The smallest absolute Gasteiger partial charge is 0.321 e. The number of anilines is 1. The van der Waals surface area contributed by atoms with Crippen LogP contribution in [0.2, 0.25) is 0 Å². The minimum Gasteiger partial charge on any atom is -0.355 e. The van der Waals surface area contributed by atoms with Gasteiger partial charge in [0.2, 0.25) is 0 Å². The molecular weight excluding hydrogens is 491 g/mol. The number of aliphatic imine (C=N–C) groups is 1. The molecule has 7 nitrogen and oxygen atoms in total. The molecule has 0 radical (unpaired) electrons. The van der Waals surface area contributed by atoms with Crippen molar-refractivity contribution < 1.29 is 4.79 Å². The summed E-state index contributed by atoms with van der Waals surface area (Å²) in [6.45, 7) is 13.0. The van der Waals surface area contributed by atoms with Gasteiger partial charge in [0.15, 0.2) is 5.96 Å². The number of guanidine groups is 1. The number of nitrogens with one attached hydrogen (secondary N) is 3. The predicted octanol–water partition coefficient (Wildman–Crippen LogP) is 3.72. The largest absolute Gasteiger partial charge is 0.355 e. The Morgan fingerprint density at radius 2 is 1.80 bits per heavy atom. The molecule has 1 aliphatic rings. The van der Waals surface area contributed by atoms with Gasteiger partial charge in [0, 0.05) is 57.5 Å². The van der Waals surface area contributed by atoms with Crippen LogP contribution in [0.1, 0.15) is 46.1 Å². The molecule has 2 amide bonds. The van der Waals surface area contributed by atoms with Crippen molar-refractivity contribution >= 4 is 41.7 Å². The number of hydrogen-bond acceptors (Lipinski definition) is 3. The van der Waals surface area contributed by atoms with Crippen LogP contribution in [0.3, 0.4) is 0 Å². The van der Waals surface area contributed by atoms with Crippen molar-refractivity contribution in [2.75, 3.05) is 38.5 Å². The lowest BCUT2D eigenvalue weighted by Gasteiger charge is -2.30. The van der Waals surface area contributed by atoms with Gasteiger partial charge in [0.1, 0.15) is 0 Å². The number of amides is 2. The number of halogens is 1. The third-order valence-electron chi connectivity index (χ3n) is 5.24. The highest BCUT2D eigenvalue weighted by Gasteiger charge is 2.17. The van der Waals surface area contributed by atoms with E-state index in [4.69, 9.17) is 0 Å². The summed E-state index contributed by atoms with van der Waals surface area (Å²) >= 11 is 0. The topological polar surface area (TPSA) is 72.0 Å². The standard InChI is InChI=1S/C22H38N6O.HI/c1-17(2)28(18(3)4)14-11-24-21(23-5)25-16-19-9-8-10-20(15-19)26-22(29)27-12-6-7-13-27;/h8-10,15,17-18H,6-7,11-14,16H2,1-5H3,(H,26,29)(H2,23,24,25);1H.